The molecule has 0 aliphatic rings. The number of phenolic OH excluding ortho intramolecular Hbond substituents is 1. The van der Waals surface area contributed by atoms with Crippen LogP contribution in [0.4, 0.5) is 0 Å². The van der Waals surface area contributed by atoms with Gasteiger partial charge in [-0.3, -0.25) is 9.78 Å². The molecule has 0 fully saturated rings. The van der Waals surface area contributed by atoms with Gasteiger partial charge in [0.2, 0.25) is 0 Å². The molecule has 2 N–H and O–H groups in total. The van der Waals surface area contributed by atoms with Crippen LogP contribution in [0.3, 0.4) is 0 Å². The molecule has 6 heteroatoms. The molecule has 2 aromatic carbocycles. The van der Waals surface area contributed by atoms with Crippen LogP contribution in [0.5, 0.6) is 11.5 Å². The van der Waals surface area contributed by atoms with Crippen LogP contribution in [0.1, 0.15) is 21.6 Å². The number of aromatic nitrogens is 1. The smallest absolute Gasteiger partial charge is 0.273 e. The predicted octanol–water partition coefficient (Wildman–Crippen LogP) is 3.02. The number of carbonyl (C=O) groups is 1. The summed E-state index contributed by atoms with van der Waals surface area (Å²) in [6, 6.07) is 14.2. The molecule has 3 rings (SSSR count). The van der Waals surface area contributed by atoms with Crippen LogP contribution >= 0.6 is 0 Å². The number of hydrazone groups is 1. The van der Waals surface area contributed by atoms with E-state index in [1.807, 2.05) is 24.3 Å². The molecule has 1 aromatic heterocycles. The summed E-state index contributed by atoms with van der Waals surface area (Å²) in [6.07, 6.45) is 1.45. The molecule has 0 saturated carbocycles. The van der Waals surface area contributed by atoms with Gasteiger partial charge in [-0.2, -0.15) is 5.10 Å². The Labute approximate surface area is 144 Å². The first-order valence-electron chi connectivity index (χ1n) is 7.65. The van der Waals surface area contributed by atoms with Gasteiger partial charge in [0, 0.05) is 5.39 Å². The molecular formula is C19H17N3O3. The first-order chi connectivity index (χ1) is 12.1. The predicted molar refractivity (Wildman–Crippen MR) is 96.2 cm³/mol. The molecule has 0 spiro atoms. The lowest BCUT2D eigenvalue weighted by Crippen LogP contribution is -2.19. The van der Waals surface area contributed by atoms with Crippen molar-refractivity contribution in [3.63, 3.8) is 0 Å². The lowest BCUT2D eigenvalue weighted by Gasteiger charge is -2.06. The number of benzene rings is 2. The number of hydrogen-bond acceptors (Lipinski definition) is 5. The number of aromatic hydroxyl groups is 1. The van der Waals surface area contributed by atoms with Gasteiger partial charge in [-0.05, 0) is 42.8 Å². The highest BCUT2D eigenvalue weighted by atomic mass is 16.5. The number of carbonyl (C=O) groups excluding carboxylic acids is 1. The van der Waals surface area contributed by atoms with E-state index in [4.69, 9.17) is 4.74 Å². The SMILES string of the molecule is COc1ccc(/C=N/NC(=O)c2cc3ccccc3nc2C)cc1O. The zero-order valence-electron chi connectivity index (χ0n) is 13.9. The van der Waals surface area contributed by atoms with Crippen LogP contribution in [0.2, 0.25) is 0 Å². The van der Waals surface area contributed by atoms with Crippen molar-refractivity contribution in [1.82, 2.24) is 10.4 Å². The number of para-hydroxylation sites is 1. The minimum absolute atomic E-state index is 0.00681. The van der Waals surface area contributed by atoms with Crippen molar-refractivity contribution >= 4 is 23.0 Å². The average molecular weight is 335 g/mol. The maximum atomic E-state index is 12.3. The highest BCUT2D eigenvalue weighted by Crippen LogP contribution is 2.25. The van der Waals surface area contributed by atoms with Crippen LogP contribution in [-0.2, 0) is 0 Å². The van der Waals surface area contributed by atoms with E-state index in [-0.39, 0.29) is 11.7 Å². The monoisotopic (exact) mass is 335 g/mol. The van der Waals surface area contributed by atoms with Gasteiger partial charge in [-0.15, -0.1) is 0 Å². The largest absolute Gasteiger partial charge is 0.504 e. The minimum Gasteiger partial charge on any atom is -0.504 e. The fourth-order valence-corrected chi connectivity index (χ4v) is 2.46. The Hall–Kier alpha value is -3.41. The summed E-state index contributed by atoms with van der Waals surface area (Å²) >= 11 is 0. The topological polar surface area (TPSA) is 83.8 Å². The lowest BCUT2D eigenvalue weighted by molar-refractivity contribution is 0.0954. The molecule has 3 aromatic rings. The number of phenols is 1. The van der Waals surface area contributed by atoms with Crippen molar-refractivity contribution in [3.8, 4) is 11.5 Å². The summed E-state index contributed by atoms with van der Waals surface area (Å²) in [5.74, 6) is 0.0381. The number of rotatable bonds is 4. The Bertz CT molecular complexity index is 967. The Morgan fingerprint density at radius 1 is 1.24 bits per heavy atom. The van der Waals surface area contributed by atoms with Gasteiger partial charge in [-0.25, -0.2) is 5.43 Å². The molecule has 1 amide bonds. The quantitative estimate of drug-likeness (QED) is 0.567. The van der Waals surface area contributed by atoms with E-state index < -0.39 is 0 Å². The van der Waals surface area contributed by atoms with Gasteiger partial charge in [0.1, 0.15) is 0 Å². The molecule has 1 heterocycles. The van der Waals surface area contributed by atoms with Crippen LogP contribution in [-0.4, -0.2) is 29.3 Å². The lowest BCUT2D eigenvalue weighted by atomic mass is 10.1. The Morgan fingerprint density at radius 2 is 2.04 bits per heavy atom. The third-order valence-electron chi connectivity index (χ3n) is 3.74. The van der Waals surface area contributed by atoms with E-state index in [2.05, 4.69) is 15.5 Å². The number of ether oxygens (including phenoxy) is 1. The molecule has 0 saturated heterocycles. The standard InChI is InChI=1S/C19H17N3O3/c1-12-15(10-14-5-3-4-6-16(14)21-12)19(24)22-20-11-13-7-8-18(25-2)17(23)9-13/h3-11,23H,1-2H3,(H,22,24)/b20-11+. The Morgan fingerprint density at radius 3 is 2.80 bits per heavy atom. The van der Waals surface area contributed by atoms with Crippen LogP contribution in [0, 0.1) is 6.92 Å². The molecule has 0 radical (unpaired) electrons. The molecule has 126 valence electrons. The van der Waals surface area contributed by atoms with E-state index >= 15 is 0 Å². The Balaban J connectivity index is 1.76. The second kappa shape index (κ2) is 7.00. The molecular weight excluding hydrogens is 318 g/mol. The summed E-state index contributed by atoms with van der Waals surface area (Å²) < 4.78 is 4.98. The van der Waals surface area contributed by atoms with E-state index in [1.165, 1.54) is 19.4 Å². The van der Waals surface area contributed by atoms with Gasteiger partial charge >= 0.3 is 0 Å². The second-order valence-electron chi connectivity index (χ2n) is 5.44. The fraction of sp³-hybridized carbons (Fsp3) is 0.105. The first-order valence-corrected chi connectivity index (χ1v) is 7.65. The van der Waals surface area contributed by atoms with Crippen molar-refractivity contribution in [2.24, 2.45) is 5.10 Å². The molecule has 0 aliphatic carbocycles. The number of nitrogens with zero attached hydrogens (tertiary/aromatic N) is 2. The van der Waals surface area contributed by atoms with Gasteiger partial charge in [0.25, 0.3) is 5.91 Å². The molecule has 25 heavy (non-hydrogen) atoms. The van der Waals surface area contributed by atoms with Crippen molar-refractivity contribution < 1.29 is 14.6 Å². The Kier molecular flexibility index (Phi) is 4.61. The number of methoxy groups -OCH3 is 1. The summed E-state index contributed by atoms with van der Waals surface area (Å²) in [5, 5.41) is 14.6. The van der Waals surface area contributed by atoms with E-state index in [0.29, 0.717) is 22.6 Å². The average Bonchev–Trinajstić information content (AvgIpc) is 2.61. The van der Waals surface area contributed by atoms with Crippen molar-refractivity contribution in [2.45, 2.75) is 6.92 Å². The third kappa shape index (κ3) is 3.58. The number of nitrogens with one attached hydrogen (secondary N) is 1. The summed E-state index contributed by atoms with van der Waals surface area (Å²) in [4.78, 5) is 16.8. The maximum absolute atomic E-state index is 12.3. The van der Waals surface area contributed by atoms with Gasteiger partial charge < -0.3 is 9.84 Å². The molecule has 6 nitrogen and oxygen atoms in total. The number of hydrogen-bond donors (Lipinski definition) is 2. The summed E-state index contributed by atoms with van der Waals surface area (Å²) in [7, 11) is 1.48. The number of fused-ring (bicyclic) bond motifs is 1. The highest BCUT2D eigenvalue weighted by molar-refractivity contribution is 5.99. The van der Waals surface area contributed by atoms with E-state index in [0.717, 1.165) is 10.9 Å². The zero-order valence-corrected chi connectivity index (χ0v) is 13.9. The molecule has 0 bridgehead atoms. The van der Waals surface area contributed by atoms with Crippen molar-refractivity contribution in [3.05, 3.63) is 65.4 Å². The maximum Gasteiger partial charge on any atom is 0.273 e. The number of amides is 1. The molecule has 0 atom stereocenters. The fourth-order valence-electron chi connectivity index (χ4n) is 2.46. The molecule has 0 unspecified atom stereocenters. The number of aryl methyl sites for hydroxylation is 1. The van der Waals surface area contributed by atoms with E-state index in [9.17, 15) is 9.90 Å². The summed E-state index contributed by atoms with van der Waals surface area (Å²) in [6.45, 7) is 1.78. The van der Waals surface area contributed by atoms with Crippen molar-refractivity contribution in [1.29, 1.82) is 0 Å². The minimum atomic E-state index is -0.343. The van der Waals surface area contributed by atoms with Crippen LogP contribution in [0.25, 0.3) is 10.9 Å². The van der Waals surface area contributed by atoms with Gasteiger partial charge in [-0.1, -0.05) is 18.2 Å². The number of pyridine rings is 1. The second-order valence-corrected chi connectivity index (χ2v) is 5.44. The van der Waals surface area contributed by atoms with Crippen LogP contribution in [0.15, 0.2) is 53.6 Å². The van der Waals surface area contributed by atoms with Gasteiger partial charge in [0.05, 0.1) is 30.1 Å². The van der Waals surface area contributed by atoms with Gasteiger partial charge in [0.15, 0.2) is 11.5 Å². The summed E-state index contributed by atoms with van der Waals surface area (Å²) in [5.41, 5.74) is 5.05. The first kappa shape index (κ1) is 16.4. The zero-order chi connectivity index (χ0) is 17.8. The van der Waals surface area contributed by atoms with Crippen LogP contribution < -0.4 is 10.2 Å². The van der Waals surface area contributed by atoms with E-state index in [1.54, 1.807) is 25.1 Å². The van der Waals surface area contributed by atoms with Crippen molar-refractivity contribution in [2.75, 3.05) is 7.11 Å². The third-order valence-corrected chi connectivity index (χ3v) is 3.74. The normalized spacial score (nSPS) is 11.0. The molecule has 0 aliphatic heterocycles. The highest BCUT2D eigenvalue weighted by Gasteiger charge is 2.10.